The second-order valence-electron chi connectivity index (χ2n) is 4.47. The van der Waals surface area contributed by atoms with Gasteiger partial charge >= 0.3 is 0 Å². The van der Waals surface area contributed by atoms with Crippen LogP contribution in [0.2, 0.25) is 0 Å². The molecule has 0 unspecified atom stereocenters. The highest BCUT2D eigenvalue weighted by atomic mass is 16.1. The first-order valence-corrected chi connectivity index (χ1v) is 6.32. The van der Waals surface area contributed by atoms with Gasteiger partial charge in [-0.25, -0.2) is 0 Å². The largest absolute Gasteiger partial charge is 0.298 e. The highest BCUT2D eigenvalue weighted by Gasteiger charge is 2.01. The summed E-state index contributed by atoms with van der Waals surface area (Å²) >= 11 is 0. The molecule has 0 spiro atoms. The van der Waals surface area contributed by atoms with Crippen LogP contribution < -0.4 is 0 Å². The highest BCUT2D eigenvalue weighted by molar-refractivity contribution is 5.91. The molecule has 0 radical (unpaired) electrons. The SMILES string of the molecule is CCCCCc1cccc2ccc(C=O)cc12. The molecule has 2 rings (SSSR count). The summed E-state index contributed by atoms with van der Waals surface area (Å²) in [5.74, 6) is 0. The number of carbonyl (C=O) groups excluding carboxylic acids is 1. The van der Waals surface area contributed by atoms with Crippen molar-refractivity contribution in [3.63, 3.8) is 0 Å². The van der Waals surface area contributed by atoms with Crippen LogP contribution in [-0.2, 0) is 6.42 Å². The Morgan fingerprint density at radius 3 is 2.76 bits per heavy atom. The molecule has 1 heteroatoms. The third-order valence-corrected chi connectivity index (χ3v) is 3.18. The van der Waals surface area contributed by atoms with Gasteiger partial charge in [0.15, 0.2) is 0 Å². The van der Waals surface area contributed by atoms with E-state index in [1.807, 2.05) is 18.2 Å². The van der Waals surface area contributed by atoms with Crippen LogP contribution in [0.25, 0.3) is 10.8 Å². The number of hydrogen-bond donors (Lipinski definition) is 0. The molecule has 0 saturated carbocycles. The van der Waals surface area contributed by atoms with Crippen molar-refractivity contribution >= 4 is 17.1 Å². The predicted octanol–water partition coefficient (Wildman–Crippen LogP) is 4.39. The molecule has 0 atom stereocenters. The summed E-state index contributed by atoms with van der Waals surface area (Å²) in [6.45, 7) is 2.22. The molecule has 88 valence electrons. The van der Waals surface area contributed by atoms with Gasteiger partial charge in [0.2, 0.25) is 0 Å². The third-order valence-electron chi connectivity index (χ3n) is 3.18. The number of aryl methyl sites for hydroxylation is 1. The van der Waals surface area contributed by atoms with Gasteiger partial charge in [-0.1, -0.05) is 50.1 Å². The molecule has 0 amide bonds. The van der Waals surface area contributed by atoms with Crippen LogP contribution in [0.15, 0.2) is 36.4 Å². The first kappa shape index (κ1) is 11.8. The van der Waals surface area contributed by atoms with Crippen LogP contribution in [-0.4, -0.2) is 6.29 Å². The first-order chi connectivity index (χ1) is 8.35. The molecule has 0 aliphatic rings. The molecule has 0 N–H and O–H groups in total. The van der Waals surface area contributed by atoms with Crippen molar-refractivity contribution in [1.29, 1.82) is 0 Å². The molecule has 0 aliphatic carbocycles. The first-order valence-electron chi connectivity index (χ1n) is 6.32. The molecule has 1 nitrogen and oxygen atoms in total. The fourth-order valence-electron chi connectivity index (χ4n) is 2.21. The lowest BCUT2D eigenvalue weighted by atomic mass is 9.98. The Labute approximate surface area is 102 Å². The van der Waals surface area contributed by atoms with E-state index in [1.54, 1.807) is 0 Å². The molecular weight excluding hydrogens is 208 g/mol. The minimum Gasteiger partial charge on any atom is -0.298 e. The average molecular weight is 226 g/mol. The number of rotatable bonds is 5. The molecule has 2 aromatic carbocycles. The van der Waals surface area contributed by atoms with Crippen molar-refractivity contribution in [3.05, 3.63) is 47.5 Å². The van der Waals surface area contributed by atoms with Crippen molar-refractivity contribution in [2.24, 2.45) is 0 Å². The van der Waals surface area contributed by atoms with Gasteiger partial charge in [-0.05, 0) is 35.2 Å². The Morgan fingerprint density at radius 2 is 2.00 bits per heavy atom. The molecule has 17 heavy (non-hydrogen) atoms. The topological polar surface area (TPSA) is 17.1 Å². The zero-order valence-electron chi connectivity index (χ0n) is 10.3. The summed E-state index contributed by atoms with van der Waals surface area (Å²) in [6, 6.07) is 12.3. The second kappa shape index (κ2) is 5.62. The van der Waals surface area contributed by atoms with Crippen molar-refractivity contribution in [2.75, 3.05) is 0 Å². The fraction of sp³-hybridized carbons (Fsp3) is 0.312. The fourth-order valence-corrected chi connectivity index (χ4v) is 2.21. The van der Waals surface area contributed by atoms with E-state index in [2.05, 4.69) is 25.1 Å². The Balaban J connectivity index is 2.36. The highest BCUT2D eigenvalue weighted by Crippen LogP contribution is 2.21. The monoisotopic (exact) mass is 226 g/mol. The molecular formula is C16H18O. The molecule has 0 saturated heterocycles. The minimum absolute atomic E-state index is 0.764. The van der Waals surface area contributed by atoms with E-state index >= 15 is 0 Å². The van der Waals surface area contributed by atoms with E-state index in [-0.39, 0.29) is 0 Å². The smallest absolute Gasteiger partial charge is 0.150 e. The molecule has 0 aliphatic heterocycles. The minimum atomic E-state index is 0.764. The van der Waals surface area contributed by atoms with Crippen molar-refractivity contribution < 1.29 is 4.79 Å². The van der Waals surface area contributed by atoms with Crippen LogP contribution in [0.1, 0.15) is 42.1 Å². The lowest BCUT2D eigenvalue weighted by Gasteiger charge is -2.06. The second-order valence-corrected chi connectivity index (χ2v) is 4.47. The number of unbranched alkanes of at least 4 members (excludes halogenated alkanes) is 2. The van der Waals surface area contributed by atoms with Crippen LogP contribution >= 0.6 is 0 Å². The normalized spacial score (nSPS) is 10.6. The van der Waals surface area contributed by atoms with E-state index in [0.29, 0.717) is 0 Å². The summed E-state index contributed by atoms with van der Waals surface area (Å²) in [5, 5.41) is 2.46. The molecule has 0 aromatic heterocycles. The van der Waals surface area contributed by atoms with Crippen molar-refractivity contribution in [3.8, 4) is 0 Å². The lowest BCUT2D eigenvalue weighted by molar-refractivity contribution is 0.112. The van der Waals surface area contributed by atoms with Crippen LogP contribution in [0.4, 0.5) is 0 Å². The van der Waals surface area contributed by atoms with Gasteiger partial charge in [-0.15, -0.1) is 0 Å². The maximum absolute atomic E-state index is 10.8. The van der Waals surface area contributed by atoms with Crippen molar-refractivity contribution in [2.45, 2.75) is 32.6 Å². The van der Waals surface area contributed by atoms with Gasteiger partial charge in [-0.3, -0.25) is 4.79 Å². The Kier molecular flexibility index (Phi) is 3.92. The van der Waals surface area contributed by atoms with E-state index in [9.17, 15) is 4.79 Å². The Hall–Kier alpha value is -1.63. The zero-order valence-corrected chi connectivity index (χ0v) is 10.3. The van der Waals surface area contributed by atoms with Gasteiger partial charge in [0, 0.05) is 5.56 Å². The third kappa shape index (κ3) is 2.73. The summed E-state index contributed by atoms with van der Waals surface area (Å²) < 4.78 is 0. The maximum atomic E-state index is 10.8. The van der Waals surface area contributed by atoms with E-state index in [1.165, 1.54) is 35.6 Å². The van der Waals surface area contributed by atoms with E-state index in [0.717, 1.165) is 18.3 Å². The molecule has 2 aromatic rings. The van der Waals surface area contributed by atoms with Crippen LogP contribution in [0.3, 0.4) is 0 Å². The summed E-state index contributed by atoms with van der Waals surface area (Å²) in [6.07, 6.45) is 5.75. The molecule has 0 bridgehead atoms. The standard InChI is InChI=1S/C16H18O/c1-2-3-4-6-14-7-5-8-15-10-9-13(12-17)11-16(14)15/h5,7-12H,2-4,6H2,1H3. The van der Waals surface area contributed by atoms with Gasteiger partial charge in [0.1, 0.15) is 6.29 Å². The number of carbonyl (C=O) groups is 1. The maximum Gasteiger partial charge on any atom is 0.150 e. The van der Waals surface area contributed by atoms with Gasteiger partial charge in [-0.2, -0.15) is 0 Å². The van der Waals surface area contributed by atoms with Gasteiger partial charge < -0.3 is 0 Å². The lowest BCUT2D eigenvalue weighted by Crippen LogP contribution is -1.89. The quantitative estimate of drug-likeness (QED) is 0.546. The summed E-state index contributed by atoms with van der Waals surface area (Å²) in [5.41, 5.74) is 2.13. The Bertz CT molecular complexity index is 514. The number of hydrogen-bond acceptors (Lipinski definition) is 1. The number of benzene rings is 2. The number of fused-ring (bicyclic) bond motifs is 1. The van der Waals surface area contributed by atoms with Gasteiger partial charge in [0.25, 0.3) is 0 Å². The van der Waals surface area contributed by atoms with Gasteiger partial charge in [0.05, 0.1) is 0 Å². The Morgan fingerprint density at radius 1 is 1.12 bits per heavy atom. The van der Waals surface area contributed by atoms with Crippen molar-refractivity contribution in [1.82, 2.24) is 0 Å². The molecule has 0 fully saturated rings. The number of aldehydes is 1. The van der Waals surface area contributed by atoms with Crippen LogP contribution in [0, 0.1) is 0 Å². The zero-order chi connectivity index (χ0) is 12.1. The van der Waals surface area contributed by atoms with Crippen LogP contribution in [0.5, 0.6) is 0 Å². The van der Waals surface area contributed by atoms with E-state index in [4.69, 9.17) is 0 Å². The average Bonchev–Trinajstić information content (AvgIpc) is 2.39. The summed E-state index contributed by atoms with van der Waals surface area (Å²) in [7, 11) is 0. The van der Waals surface area contributed by atoms with E-state index < -0.39 is 0 Å². The molecule has 0 heterocycles. The summed E-state index contributed by atoms with van der Waals surface area (Å²) in [4.78, 5) is 10.8. The predicted molar refractivity (Wildman–Crippen MR) is 72.6 cm³/mol.